The van der Waals surface area contributed by atoms with E-state index in [9.17, 15) is 9.18 Å². The second-order valence-corrected chi connectivity index (χ2v) is 5.18. The van der Waals surface area contributed by atoms with Crippen LogP contribution in [0.3, 0.4) is 0 Å². The number of hydrogen-bond acceptors (Lipinski definition) is 3. The molecule has 0 saturated heterocycles. The molecular formula is C18H20FNO3. The van der Waals surface area contributed by atoms with Crippen LogP contribution in [-0.4, -0.2) is 20.1 Å². The van der Waals surface area contributed by atoms with E-state index in [0.29, 0.717) is 17.1 Å². The molecule has 0 atom stereocenters. The third-order valence-corrected chi connectivity index (χ3v) is 3.58. The van der Waals surface area contributed by atoms with Gasteiger partial charge in [0.05, 0.1) is 20.6 Å². The number of hydrogen-bond donors (Lipinski definition) is 1. The minimum absolute atomic E-state index is 0.133. The van der Waals surface area contributed by atoms with E-state index >= 15 is 0 Å². The van der Waals surface area contributed by atoms with Crippen molar-refractivity contribution in [2.45, 2.75) is 19.9 Å². The zero-order valence-corrected chi connectivity index (χ0v) is 13.5. The fourth-order valence-corrected chi connectivity index (χ4v) is 2.32. The van der Waals surface area contributed by atoms with Gasteiger partial charge in [-0.3, -0.25) is 4.79 Å². The van der Waals surface area contributed by atoms with Gasteiger partial charge >= 0.3 is 0 Å². The summed E-state index contributed by atoms with van der Waals surface area (Å²) in [5, 5.41) is 2.72. The molecular weight excluding hydrogens is 297 g/mol. The number of halogens is 1. The number of nitrogens with one attached hydrogen (secondary N) is 1. The summed E-state index contributed by atoms with van der Waals surface area (Å²) in [6.45, 7) is 2.06. The Morgan fingerprint density at radius 2 is 1.78 bits per heavy atom. The normalized spacial score (nSPS) is 10.3. The molecule has 0 aliphatic carbocycles. The molecule has 0 radical (unpaired) electrons. The molecule has 122 valence electrons. The van der Waals surface area contributed by atoms with Crippen molar-refractivity contribution < 1.29 is 18.7 Å². The molecule has 0 spiro atoms. The maximum Gasteiger partial charge on any atom is 0.224 e. The number of aryl methyl sites for hydroxylation is 1. The second-order valence-electron chi connectivity index (χ2n) is 5.18. The average molecular weight is 317 g/mol. The lowest BCUT2D eigenvalue weighted by Crippen LogP contribution is -2.25. The van der Waals surface area contributed by atoms with Crippen LogP contribution in [0.5, 0.6) is 11.5 Å². The first-order chi connectivity index (χ1) is 11.0. The SMILES string of the molecule is COc1cc(CC(=O)NCc2ccccc2F)c(OC)cc1C. The Morgan fingerprint density at radius 3 is 2.43 bits per heavy atom. The predicted molar refractivity (Wildman–Crippen MR) is 86.2 cm³/mol. The molecule has 0 unspecified atom stereocenters. The topological polar surface area (TPSA) is 47.6 Å². The van der Waals surface area contributed by atoms with Gasteiger partial charge in [0, 0.05) is 17.7 Å². The van der Waals surface area contributed by atoms with Gasteiger partial charge in [-0.05, 0) is 30.7 Å². The maximum atomic E-state index is 13.5. The molecule has 0 saturated carbocycles. The third kappa shape index (κ3) is 4.22. The molecule has 0 heterocycles. The van der Waals surface area contributed by atoms with Crippen molar-refractivity contribution in [2.24, 2.45) is 0 Å². The molecule has 2 aromatic carbocycles. The van der Waals surface area contributed by atoms with E-state index in [1.807, 2.05) is 13.0 Å². The van der Waals surface area contributed by atoms with E-state index < -0.39 is 0 Å². The van der Waals surface area contributed by atoms with E-state index in [4.69, 9.17) is 9.47 Å². The number of ether oxygens (including phenoxy) is 2. The van der Waals surface area contributed by atoms with E-state index in [-0.39, 0.29) is 24.7 Å². The number of carbonyl (C=O) groups excluding carboxylic acids is 1. The molecule has 0 aliphatic rings. The molecule has 1 amide bonds. The first-order valence-electron chi connectivity index (χ1n) is 7.26. The summed E-state index contributed by atoms with van der Waals surface area (Å²) >= 11 is 0. The summed E-state index contributed by atoms with van der Waals surface area (Å²) in [5.41, 5.74) is 2.11. The fraction of sp³-hybridized carbons (Fsp3) is 0.278. The van der Waals surface area contributed by atoms with Gasteiger partial charge in [-0.15, -0.1) is 0 Å². The van der Waals surface area contributed by atoms with Crippen LogP contribution in [-0.2, 0) is 17.8 Å². The van der Waals surface area contributed by atoms with Crippen molar-refractivity contribution in [2.75, 3.05) is 14.2 Å². The molecule has 2 rings (SSSR count). The van der Waals surface area contributed by atoms with Crippen molar-refractivity contribution in [1.82, 2.24) is 5.32 Å². The summed E-state index contributed by atoms with van der Waals surface area (Å²) in [5.74, 6) is 0.784. The van der Waals surface area contributed by atoms with E-state index in [1.54, 1.807) is 38.5 Å². The molecule has 1 N–H and O–H groups in total. The van der Waals surface area contributed by atoms with Crippen LogP contribution >= 0.6 is 0 Å². The molecule has 4 nitrogen and oxygen atoms in total. The molecule has 0 aliphatic heterocycles. The minimum atomic E-state index is -0.331. The van der Waals surface area contributed by atoms with Crippen molar-refractivity contribution >= 4 is 5.91 Å². The summed E-state index contributed by atoms with van der Waals surface area (Å²) < 4.78 is 24.1. The lowest BCUT2D eigenvalue weighted by Gasteiger charge is -2.13. The molecule has 0 aromatic heterocycles. The number of carbonyl (C=O) groups is 1. The van der Waals surface area contributed by atoms with Gasteiger partial charge in [-0.25, -0.2) is 4.39 Å². The smallest absolute Gasteiger partial charge is 0.224 e. The highest BCUT2D eigenvalue weighted by molar-refractivity contribution is 5.79. The van der Waals surface area contributed by atoms with Crippen LogP contribution in [0.1, 0.15) is 16.7 Å². The highest BCUT2D eigenvalue weighted by Crippen LogP contribution is 2.28. The van der Waals surface area contributed by atoms with Gasteiger partial charge < -0.3 is 14.8 Å². The highest BCUT2D eigenvalue weighted by Gasteiger charge is 2.13. The Labute approximate surface area is 135 Å². The Balaban J connectivity index is 2.06. The Hall–Kier alpha value is -2.56. The largest absolute Gasteiger partial charge is 0.496 e. The first kappa shape index (κ1) is 16.8. The predicted octanol–water partition coefficient (Wildman–Crippen LogP) is 3.01. The van der Waals surface area contributed by atoms with Crippen molar-refractivity contribution in [3.63, 3.8) is 0 Å². The molecule has 2 aromatic rings. The lowest BCUT2D eigenvalue weighted by atomic mass is 10.1. The average Bonchev–Trinajstić information content (AvgIpc) is 2.55. The quantitative estimate of drug-likeness (QED) is 0.891. The summed E-state index contributed by atoms with van der Waals surface area (Å²) in [6, 6.07) is 9.98. The number of amides is 1. The standard InChI is InChI=1S/C18H20FNO3/c1-12-8-17(23-3)14(9-16(12)22-2)10-18(21)20-11-13-6-4-5-7-15(13)19/h4-9H,10-11H2,1-3H3,(H,20,21). The Kier molecular flexibility index (Phi) is 5.57. The monoisotopic (exact) mass is 317 g/mol. The third-order valence-electron chi connectivity index (χ3n) is 3.58. The number of benzene rings is 2. The first-order valence-corrected chi connectivity index (χ1v) is 7.26. The van der Waals surface area contributed by atoms with Crippen LogP contribution in [0, 0.1) is 12.7 Å². The fourth-order valence-electron chi connectivity index (χ4n) is 2.32. The van der Waals surface area contributed by atoms with Crippen LogP contribution in [0.15, 0.2) is 36.4 Å². The maximum absolute atomic E-state index is 13.5. The van der Waals surface area contributed by atoms with Gasteiger partial charge in [0.25, 0.3) is 0 Å². The van der Waals surface area contributed by atoms with Gasteiger partial charge in [-0.1, -0.05) is 18.2 Å². The zero-order chi connectivity index (χ0) is 16.8. The van der Waals surface area contributed by atoms with Crippen LogP contribution in [0.2, 0.25) is 0 Å². The van der Waals surface area contributed by atoms with E-state index in [1.165, 1.54) is 6.07 Å². The number of rotatable bonds is 6. The second kappa shape index (κ2) is 7.63. The summed E-state index contributed by atoms with van der Waals surface area (Å²) in [4.78, 5) is 12.1. The molecule has 0 fully saturated rings. The highest BCUT2D eigenvalue weighted by atomic mass is 19.1. The van der Waals surface area contributed by atoms with Crippen LogP contribution in [0.4, 0.5) is 4.39 Å². The lowest BCUT2D eigenvalue weighted by molar-refractivity contribution is -0.120. The number of methoxy groups -OCH3 is 2. The van der Waals surface area contributed by atoms with Crippen molar-refractivity contribution in [3.05, 3.63) is 58.9 Å². The van der Waals surface area contributed by atoms with Crippen LogP contribution in [0.25, 0.3) is 0 Å². The van der Waals surface area contributed by atoms with Gasteiger partial charge in [0.15, 0.2) is 0 Å². The molecule has 5 heteroatoms. The summed E-state index contributed by atoms with van der Waals surface area (Å²) in [6.07, 6.45) is 0.133. The van der Waals surface area contributed by atoms with E-state index in [0.717, 1.165) is 11.1 Å². The summed E-state index contributed by atoms with van der Waals surface area (Å²) in [7, 11) is 3.14. The molecule has 23 heavy (non-hydrogen) atoms. The van der Waals surface area contributed by atoms with Gasteiger partial charge in [-0.2, -0.15) is 0 Å². The Bertz CT molecular complexity index is 701. The minimum Gasteiger partial charge on any atom is -0.496 e. The molecule has 0 bridgehead atoms. The van der Waals surface area contributed by atoms with Crippen molar-refractivity contribution in [1.29, 1.82) is 0 Å². The van der Waals surface area contributed by atoms with E-state index in [2.05, 4.69) is 5.32 Å². The Morgan fingerprint density at radius 1 is 1.09 bits per heavy atom. The van der Waals surface area contributed by atoms with Gasteiger partial charge in [0.1, 0.15) is 17.3 Å². The van der Waals surface area contributed by atoms with Gasteiger partial charge in [0.2, 0.25) is 5.91 Å². The zero-order valence-electron chi connectivity index (χ0n) is 13.5. The van der Waals surface area contributed by atoms with Crippen LogP contribution < -0.4 is 14.8 Å². The van der Waals surface area contributed by atoms with Crippen molar-refractivity contribution in [3.8, 4) is 11.5 Å².